The number of nitro groups is 1. The van der Waals surface area contributed by atoms with Crippen LogP contribution in [0, 0.1) is 24.0 Å². The molecule has 82 valence electrons. The van der Waals surface area contributed by atoms with Crippen LogP contribution in [0.4, 0.5) is 5.69 Å². The summed E-state index contributed by atoms with van der Waals surface area (Å²) < 4.78 is 5.20. The molecule has 0 aliphatic heterocycles. The number of hydrogen-bond acceptors (Lipinski definition) is 3. The Labute approximate surface area is 92.7 Å². The van der Waals surface area contributed by atoms with Crippen molar-refractivity contribution in [3.8, 4) is 11.3 Å². The van der Waals surface area contributed by atoms with E-state index in [0.717, 1.165) is 11.1 Å². The van der Waals surface area contributed by atoms with Crippen LogP contribution in [0.5, 0.6) is 0 Å². The lowest BCUT2D eigenvalue weighted by atomic mass is 10.0. The molecule has 0 spiro atoms. The summed E-state index contributed by atoms with van der Waals surface area (Å²) in [5, 5.41) is 10.9. The minimum Gasteiger partial charge on any atom is -0.464 e. The van der Waals surface area contributed by atoms with Gasteiger partial charge in [-0.15, -0.1) is 0 Å². The van der Waals surface area contributed by atoms with Crippen molar-refractivity contribution < 1.29 is 9.34 Å². The van der Waals surface area contributed by atoms with Crippen LogP contribution in [0.3, 0.4) is 0 Å². The van der Waals surface area contributed by atoms with Crippen LogP contribution in [-0.4, -0.2) is 4.92 Å². The van der Waals surface area contributed by atoms with Crippen molar-refractivity contribution >= 4 is 5.69 Å². The molecule has 0 amide bonds. The average molecular weight is 217 g/mol. The smallest absolute Gasteiger partial charge is 0.280 e. The van der Waals surface area contributed by atoms with Crippen molar-refractivity contribution in [2.24, 2.45) is 0 Å². The van der Waals surface area contributed by atoms with Gasteiger partial charge in [-0.3, -0.25) is 10.1 Å². The van der Waals surface area contributed by atoms with Crippen LogP contribution >= 0.6 is 0 Å². The normalized spacial score (nSPS) is 10.4. The molecule has 1 aromatic carbocycles. The van der Waals surface area contributed by atoms with Crippen molar-refractivity contribution in [2.45, 2.75) is 13.8 Å². The first-order valence-corrected chi connectivity index (χ1v) is 4.89. The number of hydrogen-bond donors (Lipinski definition) is 0. The zero-order valence-electron chi connectivity index (χ0n) is 9.06. The number of furan rings is 1. The molecule has 0 atom stereocenters. The van der Waals surface area contributed by atoms with Gasteiger partial charge in [0, 0.05) is 6.07 Å². The maximum Gasteiger partial charge on any atom is 0.280 e. The Morgan fingerprint density at radius 1 is 1.25 bits per heavy atom. The molecule has 1 heterocycles. The van der Waals surface area contributed by atoms with E-state index in [4.69, 9.17) is 4.42 Å². The Bertz CT molecular complexity index is 529. The zero-order chi connectivity index (χ0) is 11.7. The highest BCUT2D eigenvalue weighted by molar-refractivity contribution is 5.71. The first-order chi connectivity index (χ1) is 7.59. The highest BCUT2D eigenvalue weighted by Gasteiger charge is 2.18. The number of aryl methyl sites for hydroxylation is 2. The van der Waals surface area contributed by atoms with E-state index in [-0.39, 0.29) is 10.6 Å². The molecule has 0 N–H and O–H groups in total. The fourth-order valence-electron chi connectivity index (χ4n) is 1.58. The zero-order valence-corrected chi connectivity index (χ0v) is 9.06. The molecule has 16 heavy (non-hydrogen) atoms. The Morgan fingerprint density at radius 2 is 1.94 bits per heavy atom. The fraction of sp³-hybridized carbons (Fsp3) is 0.167. The largest absolute Gasteiger partial charge is 0.464 e. The van der Waals surface area contributed by atoms with Gasteiger partial charge in [0.25, 0.3) is 5.69 Å². The molecule has 0 aliphatic carbocycles. The molecular formula is C12H11NO3. The van der Waals surface area contributed by atoms with Gasteiger partial charge in [0.1, 0.15) is 5.76 Å². The van der Waals surface area contributed by atoms with Crippen molar-refractivity contribution in [3.63, 3.8) is 0 Å². The van der Waals surface area contributed by atoms with E-state index in [2.05, 4.69) is 0 Å². The van der Waals surface area contributed by atoms with E-state index in [1.165, 1.54) is 6.26 Å². The quantitative estimate of drug-likeness (QED) is 0.571. The van der Waals surface area contributed by atoms with Gasteiger partial charge < -0.3 is 4.42 Å². The molecule has 0 aliphatic rings. The van der Waals surface area contributed by atoms with Gasteiger partial charge in [0.2, 0.25) is 0 Å². The average Bonchev–Trinajstić information content (AvgIpc) is 2.74. The second-order valence-corrected chi connectivity index (χ2v) is 3.69. The Morgan fingerprint density at radius 3 is 2.50 bits per heavy atom. The Hall–Kier alpha value is -2.10. The van der Waals surface area contributed by atoms with Crippen LogP contribution in [0.15, 0.2) is 34.9 Å². The summed E-state index contributed by atoms with van der Waals surface area (Å²) in [6.07, 6.45) is 1.51. The maximum atomic E-state index is 10.9. The molecule has 2 aromatic rings. The molecule has 0 saturated heterocycles. The Balaban J connectivity index is 2.68. The molecule has 4 heteroatoms. The second kappa shape index (κ2) is 3.81. The van der Waals surface area contributed by atoms with Crippen molar-refractivity contribution in [3.05, 3.63) is 51.8 Å². The van der Waals surface area contributed by atoms with E-state index < -0.39 is 0 Å². The lowest BCUT2D eigenvalue weighted by molar-refractivity contribution is -0.384. The van der Waals surface area contributed by atoms with Gasteiger partial charge in [-0.2, -0.15) is 0 Å². The summed E-state index contributed by atoms with van der Waals surface area (Å²) in [5.74, 6) is 0.523. The predicted molar refractivity (Wildman–Crippen MR) is 60.3 cm³/mol. The maximum absolute atomic E-state index is 10.9. The number of benzene rings is 1. The van der Waals surface area contributed by atoms with Crippen LogP contribution in [-0.2, 0) is 0 Å². The van der Waals surface area contributed by atoms with Crippen molar-refractivity contribution in [1.82, 2.24) is 0 Å². The van der Waals surface area contributed by atoms with Gasteiger partial charge in [-0.05, 0) is 43.2 Å². The minimum absolute atomic E-state index is 0.0815. The highest BCUT2D eigenvalue weighted by Crippen LogP contribution is 2.32. The second-order valence-electron chi connectivity index (χ2n) is 3.69. The van der Waals surface area contributed by atoms with Gasteiger partial charge >= 0.3 is 0 Å². The summed E-state index contributed by atoms with van der Waals surface area (Å²) in [5.41, 5.74) is 2.52. The van der Waals surface area contributed by atoms with E-state index in [9.17, 15) is 10.1 Å². The molecule has 0 radical (unpaired) electrons. The predicted octanol–water partition coefficient (Wildman–Crippen LogP) is 3.47. The first kappa shape index (κ1) is 10.4. The summed E-state index contributed by atoms with van der Waals surface area (Å²) in [6.45, 7) is 3.78. The van der Waals surface area contributed by atoms with E-state index in [0.29, 0.717) is 11.3 Å². The number of nitro benzene ring substituents is 1. The molecule has 0 saturated carbocycles. The van der Waals surface area contributed by atoms with Crippen LogP contribution in [0.25, 0.3) is 11.3 Å². The summed E-state index contributed by atoms with van der Waals surface area (Å²) >= 11 is 0. The van der Waals surface area contributed by atoms with E-state index in [1.54, 1.807) is 24.3 Å². The molecule has 2 rings (SSSR count). The SMILES string of the molecule is Cc1cc(-c2ccco2)c([N+](=O)[O-])cc1C. The van der Waals surface area contributed by atoms with Gasteiger partial charge in [0.15, 0.2) is 0 Å². The summed E-state index contributed by atoms with van der Waals surface area (Å²) in [7, 11) is 0. The first-order valence-electron chi connectivity index (χ1n) is 4.89. The van der Waals surface area contributed by atoms with Crippen LogP contribution in [0.1, 0.15) is 11.1 Å². The highest BCUT2D eigenvalue weighted by atomic mass is 16.6. The molecule has 1 aromatic heterocycles. The van der Waals surface area contributed by atoms with Gasteiger partial charge in [-0.1, -0.05) is 0 Å². The van der Waals surface area contributed by atoms with Crippen LogP contribution in [0.2, 0.25) is 0 Å². The fourth-order valence-corrected chi connectivity index (χ4v) is 1.58. The lowest BCUT2D eigenvalue weighted by Gasteiger charge is -2.04. The molecular weight excluding hydrogens is 206 g/mol. The van der Waals surface area contributed by atoms with Crippen molar-refractivity contribution in [1.29, 1.82) is 0 Å². The molecule has 0 fully saturated rings. The topological polar surface area (TPSA) is 56.3 Å². The lowest BCUT2D eigenvalue weighted by Crippen LogP contribution is -1.94. The minimum atomic E-state index is -0.385. The van der Waals surface area contributed by atoms with Crippen LogP contribution < -0.4 is 0 Å². The monoisotopic (exact) mass is 217 g/mol. The number of rotatable bonds is 2. The molecule has 4 nitrogen and oxygen atoms in total. The molecule has 0 bridgehead atoms. The summed E-state index contributed by atoms with van der Waals surface area (Å²) in [6, 6.07) is 6.80. The number of nitrogens with zero attached hydrogens (tertiary/aromatic N) is 1. The Kier molecular flexibility index (Phi) is 2.48. The molecule has 0 unspecified atom stereocenters. The third-order valence-electron chi connectivity index (χ3n) is 2.60. The van der Waals surface area contributed by atoms with Crippen molar-refractivity contribution in [2.75, 3.05) is 0 Å². The van der Waals surface area contributed by atoms with E-state index >= 15 is 0 Å². The third-order valence-corrected chi connectivity index (χ3v) is 2.60. The standard InChI is InChI=1S/C12H11NO3/c1-8-6-10(12-4-3-5-16-12)11(13(14)15)7-9(8)2/h3-7H,1-2H3. The summed E-state index contributed by atoms with van der Waals surface area (Å²) in [4.78, 5) is 10.6. The van der Waals surface area contributed by atoms with E-state index in [1.807, 2.05) is 13.8 Å². The third kappa shape index (κ3) is 1.69. The van der Waals surface area contributed by atoms with Gasteiger partial charge in [-0.25, -0.2) is 0 Å². The van der Waals surface area contributed by atoms with Gasteiger partial charge in [0.05, 0.1) is 16.7 Å².